The number of fused-ring (bicyclic) bond motifs is 3. The van der Waals surface area contributed by atoms with Crippen molar-refractivity contribution in [3.63, 3.8) is 0 Å². The van der Waals surface area contributed by atoms with Crippen LogP contribution in [0.15, 0.2) is 42.5 Å². The first-order valence-electron chi connectivity index (χ1n) is 6.40. The molecule has 3 heteroatoms. The molecule has 2 aromatic rings. The van der Waals surface area contributed by atoms with Crippen LogP contribution in [-0.4, -0.2) is 11.7 Å². The Morgan fingerprint density at radius 2 is 1.89 bits per heavy atom. The van der Waals surface area contributed by atoms with Gasteiger partial charge in [-0.25, -0.2) is 0 Å². The average Bonchev–Trinajstić information content (AvgIpc) is 2.76. The molecule has 0 fully saturated rings. The molecular formula is C16H15NOS. The molecule has 1 aliphatic carbocycles. The number of amides is 1. The molecule has 0 heterocycles. The third kappa shape index (κ3) is 2.38. The molecule has 0 unspecified atom stereocenters. The lowest BCUT2D eigenvalue weighted by atomic mass is 10.1. The second-order valence-electron chi connectivity index (χ2n) is 4.73. The van der Waals surface area contributed by atoms with Crippen molar-refractivity contribution in [2.45, 2.75) is 12.8 Å². The summed E-state index contributed by atoms with van der Waals surface area (Å²) >= 11 is 4.06. The standard InChI is InChI=1S/C16H15NOS/c18-16(7-8-19)17-13-5-6-15-12(10-13)9-11-3-1-2-4-14(11)15/h1-6,10,19H,7-9H2,(H,17,18). The van der Waals surface area contributed by atoms with Crippen molar-refractivity contribution in [3.05, 3.63) is 53.6 Å². The molecule has 2 aromatic carbocycles. The maximum absolute atomic E-state index is 11.6. The number of hydrogen-bond acceptors (Lipinski definition) is 2. The lowest BCUT2D eigenvalue weighted by molar-refractivity contribution is -0.115. The van der Waals surface area contributed by atoms with Gasteiger partial charge in [-0.1, -0.05) is 30.3 Å². The number of thiol groups is 1. The van der Waals surface area contributed by atoms with Crippen LogP contribution in [0.4, 0.5) is 5.69 Å². The Hall–Kier alpha value is -1.74. The highest BCUT2D eigenvalue weighted by molar-refractivity contribution is 7.80. The maximum Gasteiger partial charge on any atom is 0.225 e. The van der Waals surface area contributed by atoms with Gasteiger partial charge in [0.1, 0.15) is 0 Å². The molecule has 0 saturated heterocycles. The maximum atomic E-state index is 11.6. The van der Waals surface area contributed by atoms with E-state index < -0.39 is 0 Å². The predicted molar refractivity (Wildman–Crippen MR) is 81.8 cm³/mol. The Kier molecular flexibility index (Phi) is 3.30. The second-order valence-corrected chi connectivity index (χ2v) is 5.17. The molecule has 1 N–H and O–H groups in total. The molecule has 0 aliphatic heterocycles. The van der Waals surface area contributed by atoms with Crippen LogP contribution in [0, 0.1) is 0 Å². The SMILES string of the molecule is O=C(CCS)Nc1ccc2c(c1)Cc1ccccc1-2. The van der Waals surface area contributed by atoms with Crippen LogP contribution in [0.1, 0.15) is 17.5 Å². The lowest BCUT2D eigenvalue weighted by Gasteiger charge is -2.07. The molecule has 2 nitrogen and oxygen atoms in total. The molecular weight excluding hydrogens is 254 g/mol. The average molecular weight is 269 g/mol. The Morgan fingerprint density at radius 1 is 1.11 bits per heavy atom. The number of carbonyl (C=O) groups excluding carboxylic acids is 1. The van der Waals surface area contributed by atoms with Crippen LogP contribution >= 0.6 is 12.6 Å². The minimum Gasteiger partial charge on any atom is -0.326 e. The van der Waals surface area contributed by atoms with Crippen molar-refractivity contribution in [3.8, 4) is 11.1 Å². The monoisotopic (exact) mass is 269 g/mol. The van der Waals surface area contributed by atoms with Gasteiger partial charge in [0.25, 0.3) is 0 Å². The summed E-state index contributed by atoms with van der Waals surface area (Å²) in [5.74, 6) is 0.591. The summed E-state index contributed by atoms with van der Waals surface area (Å²) in [6, 6.07) is 14.6. The molecule has 0 spiro atoms. The van der Waals surface area contributed by atoms with Crippen LogP contribution in [0.25, 0.3) is 11.1 Å². The molecule has 0 atom stereocenters. The van der Waals surface area contributed by atoms with E-state index in [0.717, 1.165) is 12.1 Å². The van der Waals surface area contributed by atoms with E-state index in [4.69, 9.17) is 0 Å². The Labute approximate surface area is 118 Å². The fourth-order valence-corrected chi connectivity index (χ4v) is 2.75. The predicted octanol–water partition coefficient (Wildman–Crippen LogP) is 3.52. The van der Waals surface area contributed by atoms with Crippen LogP contribution in [-0.2, 0) is 11.2 Å². The van der Waals surface area contributed by atoms with Crippen molar-refractivity contribution in [1.82, 2.24) is 0 Å². The van der Waals surface area contributed by atoms with E-state index in [9.17, 15) is 4.79 Å². The summed E-state index contributed by atoms with van der Waals surface area (Å²) in [6.07, 6.45) is 1.39. The fraction of sp³-hybridized carbons (Fsp3) is 0.188. The molecule has 1 amide bonds. The topological polar surface area (TPSA) is 29.1 Å². The Morgan fingerprint density at radius 3 is 2.74 bits per heavy atom. The normalized spacial score (nSPS) is 11.8. The van der Waals surface area contributed by atoms with Crippen LogP contribution in [0.3, 0.4) is 0 Å². The van der Waals surface area contributed by atoms with E-state index in [0.29, 0.717) is 12.2 Å². The highest BCUT2D eigenvalue weighted by Gasteiger charge is 2.17. The summed E-state index contributed by atoms with van der Waals surface area (Å²) in [7, 11) is 0. The summed E-state index contributed by atoms with van der Waals surface area (Å²) in [6.45, 7) is 0. The van der Waals surface area contributed by atoms with Gasteiger partial charge >= 0.3 is 0 Å². The fourth-order valence-electron chi connectivity index (χ4n) is 2.55. The number of nitrogens with one attached hydrogen (secondary N) is 1. The molecule has 0 aromatic heterocycles. The number of carbonyl (C=O) groups is 1. The lowest BCUT2D eigenvalue weighted by Crippen LogP contribution is -2.11. The molecule has 96 valence electrons. The highest BCUT2D eigenvalue weighted by Crippen LogP contribution is 2.37. The van der Waals surface area contributed by atoms with Crippen molar-refractivity contribution in [2.24, 2.45) is 0 Å². The van der Waals surface area contributed by atoms with Crippen molar-refractivity contribution < 1.29 is 4.79 Å². The number of rotatable bonds is 3. The first kappa shape index (κ1) is 12.3. The number of benzene rings is 2. The largest absolute Gasteiger partial charge is 0.326 e. The smallest absolute Gasteiger partial charge is 0.225 e. The van der Waals surface area contributed by atoms with Gasteiger partial charge in [0, 0.05) is 12.1 Å². The summed E-state index contributed by atoms with van der Waals surface area (Å²) in [5.41, 5.74) is 6.10. The van der Waals surface area contributed by atoms with Gasteiger partial charge in [0.2, 0.25) is 5.91 Å². The van der Waals surface area contributed by atoms with Gasteiger partial charge in [0.05, 0.1) is 0 Å². The third-order valence-electron chi connectivity index (χ3n) is 3.42. The van der Waals surface area contributed by atoms with Crippen molar-refractivity contribution in [2.75, 3.05) is 11.1 Å². The first-order chi connectivity index (χ1) is 9.28. The third-order valence-corrected chi connectivity index (χ3v) is 3.64. The van der Waals surface area contributed by atoms with Gasteiger partial charge in [-0.2, -0.15) is 12.6 Å². The van der Waals surface area contributed by atoms with Crippen LogP contribution in [0.2, 0.25) is 0 Å². The van der Waals surface area contributed by atoms with E-state index in [1.54, 1.807) is 0 Å². The van der Waals surface area contributed by atoms with E-state index in [2.05, 4.69) is 54.3 Å². The van der Waals surface area contributed by atoms with Crippen molar-refractivity contribution in [1.29, 1.82) is 0 Å². The minimum absolute atomic E-state index is 0.0189. The molecule has 1 aliphatic rings. The number of hydrogen-bond donors (Lipinski definition) is 2. The zero-order valence-corrected chi connectivity index (χ0v) is 11.4. The van der Waals surface area contributed by atoms with Crippen molar-refractivity contribution >= 4 is 24.2 Å². The van der Waals surface area contributed by atoms with Gasteiger partial charge in [-0.3, -0.25) is 4.79 Å². The molecule has 3 rings (SSSR count). The quantitative estimate of drug-likeness (QED) is 0.700. The van der Waals surface area contributed by atoms with E-state index in [1.807, 2.05) is 6.07 Å². The molecule has 0 radical (unpaired) electrons. The zero-order valence-electron chi connectivity index (χ0n) is 10.5. The minimum atomic E-state index is 0.0189. The van der Waals surface area contributed by atoms with Gasteiger partial charge < -0.3 is 5.32 Å². The van der Waals surface area contributed by atoms with Gasteiger partial charge in [-0.05, 0) is 46.6 Å². The summed E-state index contributed by atoms with van der Waals surface area (Å²) in [4.78, 5) is 11.6. The molecule has 19 heavy (non-hydrogen) atoms. The Bertz CT molecular complexity index is 636. The van der Waals surface area contributed by atoms with Crippen LogP contribution < -0.4 is 5.32 Å². The van der Waals surface area contributed by atoms with E-state index in [1.165, 1.54) is 22.3 Å². The molecule has 0 saturated carbocycles. The highest BCUT2D eigenvalue weighted by atomic mass is 32.1. The summed E-state index contributed by atoms with van der Waals surface area (Å²) in [5, 5.41) is 2.91. The Balaban J connectivity index is 1.87. The van der Waals surface area contributed by atoms with E-state index >= 15 is 0 Å². The summed E-state index contributed by atoms with van der Waals surface area (Å²) < 4.78 is 0. The van der Waals surface area contributed by atoms with Gasteiger partial charge in [-0.15, -0.1) is 0 Å². The zero-order chi connectivity index (χ0) is 13.2. The van der Waals surface area contributed by atoms with Crippen LogP contribution in [0.5, 0.6) is 0 Å². The van der Waals surface area contributed by atoms with E-state index in [-0.39, 0.29) is 5.91 Å². The van der Waals surface area contributed by atoms with Gasteiger partial charge in [0.15, 0.2) is 0 Å². The number of anilines is 1. The first-order valence-corrected chi connectivity index (χ1v) is 7.03. The molecule has 0 bridgehead atoms. The second kappa shape index (κ2) is 5.10.